The van der Waals surface area contributed by atoms with Gasteiger partial charge in [0, 0.05) is 39.2 Å². The van der Waals surface area contributed by atoms with E-state index >= 15 is 0 Å². The van der Waals surface area contributed by atoms with Crippen molar-refractivity contribution in [1.82, 2.24) is 14.5 Å². The second-order valence-corrected chi connectivity index (χ2v) is 5.01. The number of para-hydroxylation sites is 1. The van der Waals surface area contributed by atoms with Crippen LogP contribution in [-0.2, 0) is 7.05 Å². The minimum Gasteiger partial charge on any atom is -0.375 e. The Labute approximate surface area is 119 Å². The summed E-state index contributed by atoms with van der Waals surface area (Å²) in [5, 5.41) is 3.36. The Kier molecular flexibility index (Phi) is 4.08. The summed E-state index contributed by atoms with van der Waals surface area (Å²) < 4.78 is 1.97. The van der Waals surface area contributed by atoms with Crippen LogP contribution in [0.1, 0.15) is 29.1 Å². The van der Waals surface area contributed by atoms with Gasteiger partial charge in [0.2, 0.25) is 0 Å². The van der Waals surface area contributed by atoms with Crippen LogP contribution in [0.25, 0.3) is 0 Å². The number of carbonyl (C=O) groups is 1. The van der Waals surface area contributed by atoms with Crippen molar-refractivity contribution in [2.24, 2.45) is 7.05 Å². The maximum absolute atomic E-state index is 12.2. The Morgan fingerprint density at radius 3 is 2.65 bits per heavy atom. The summed E-state index contributed by atoms with van der Waals surface area (Å²) in [5.74, 6) is 0.914. The summed E-state index contributed by atoms with van der Waals surface area (Å²) in [5.41, 5.74) is 1.49. The Morgan fingerprint density at radius 2 is 2.05 bits per heavy atom. The molecular weight excluding hydrogens is 252 g/mol. The summed E-state index contributed by atoms with van der Waals surface area (Å²) in [6.07, 6.45) is 3.68. The fourth-order valence-corrected chi connectivity index (χ4v) is 2.13. The molecule has 0 saturated carbocycles. The van der Waals surface area contributed by atoms with Crippen LogP contribution in [0.3, 0.4) is 0 Å². The maximum atomic E-state index is 12.2. The first-order valence-corrected chi connectivity index (χ1v) is 6.55. The van der Waals surface area contributed by atoms with Gasteiger partial charge in [-0.05, 0) is 19.1 Å². The van der Waals surface area contributed by atoms with Gasteiger partial charge in [0.15, 0.2) is 0 Å². The molecule has 0 fully saturated rings. The van der Waals surface area contributed by atoms with E-state index < -0.39 is 0 Å². The Morgan fingerprint density at radius 1 is 1.35 bits per heavy atom. The van der Waals surface area contributed by atoms with Crippen molar-refractivity contribution >= 4 is 11.6 Å². The number of amides is 1. The molecule has 1 aromatic heterocycles. The fraction of sp³-hybridized carbons (Fsp3) is 0.333. The quantitative estimate of drug-likeness (QED) is 0.929. The Bertz CT molecular complexity index is 603. The first-order chi connectivity index (χ1) is 9.50. The fourth-order valence-electron chi connectivity index (χ4n) is 2.13. The molecule has 1 atom stereocenters. The lowest BCUT2D eigenvalue weighted by Gasteiger charge is -2.19. The van der Waals surface area contributed by atoms with Crippen LogP contribution in [0.15, 0.2) is 36.7 Å². The smallest absolute Gasteiger partial charge is 0.255 e. The number of nitrogens with zero attached hydrogens (tertiary/aromatic N) is 3. The van der Waals surface area contributed by atoms with E-state index in [0.29, 0.717) is 5.56 Å². The van der Waals surface area contributed by atoms with E-state index in [-0.39, 0.29) is 11.9 Å². The highest BCUT2D eigenvalue weighted by Gasteiger charge is 2.16. The number of hydrogen-bond donors (Lipinski definition) is 1. The summed E-state index contributed by atoms with van der Waals surface area (Å²) in [6, 6.07) is 7.55. The first-order valence-electron chi connectivity index (χ1n) is 6.55. The Balaban J connectivity index is 2.26. The summed E-state index contributed by atoms with van der Waals surface area (Å²) in [7, 11) is 5.46. The molecule has 2 rings (SSSR count). The average Bonchev–Trinajstić information content (AvgIpc) is 2.84. The zero-order valence-corrected chi connectivity index (χ0v) is 12.3. The van der Waals surface area contributed by atoms with Crippen molar-refractivity contribution in [3.8, 4) is 0 Å². The van der Waals surface area contributed by atoms with Crippen LogP contribution in [0, 0.1) is 0 Å². The molecule has 1 N–H and O–H groups in total. The Hall–Kier alpha value is -2.30. The molecule has 1 amide bonds. The molecule has 20 heavy (non-hydrogen) atoms. The zero-order chi connectivity index (χ0) is 14.7. The number of imidazole rings is 1. The minimum absolute atomic E-state index is 0.0138. The summed E-state index contributed by atoms with van der Waals surface area (Å²) in [4.78, 5) is 18.1. The molecule has 0 bridgehead atoms. The van der Waals surface area contributed by atoms with E-state index in [9.17, 15) is 4.79 Å². The van der Waals surface area contributed by atoms with Crippen molar-refractivity contribution in [2.45, 2.75) is 13.0 Å². The van der Waals surface area contributed by atoms with Crippen LogP contribution in [0.4, 0.5) is 5.69 Å². The van der Waals surface area contributed by atoms with E-state index in [4.69, 9.17) is 0 Å². The standard InChI is InChI=1S/C15H20N4O/c1-11(14-16-9-10-19(14)4)17-13-8-6-5-7-12(13)15(20)18(2)3/h5-11,17H,1-4H3. The molecule has 0 aliphatic rings. The monoisotopic (exact) mass is 272 g/mol. The van der Waals surface area contributed by atoms with Gasteiger partial charge in [-0.1, -0.05) is 12.1 Å². The third-order valence-corrected chi connectivity index (χ3v) is 3.18. The summed E-state index contributed by atoms with van der Waals surface area (Å²) >= 11 is 0. The molecule has 2 aromatic rings. The second-order valence-electron chi connectivity index (χ2n) is 5.01. The highest BCUT2D eigenvalue weighted by Crippen LogP contribution is 2.22. The lowest BCUT2D eigenvalue weighted by molar-refractivity contribution is 0.0828. The van der Waals surface area contributed by atoms with Gasteiger partial charge in [0.05, 0.1) is 11.6 Å². The first kappa shape index (κ1) is 14.1. The number of aryl methyl sites for hydroxylation is 1. The van der Waals surface area contributed by atoms with Crippen LogP contribution in [-0.4, -0.2) is 34.5 Å². The van der Waals surface area contributed by atoms with E-state index in [1.165, 1.54) is 0 Å². The molecule has 5 heteroatoms. The van der Waals surface area contributed by atoms with E-state index in [2.05, 4.69) is 10.3 Å². The van der Waals surface area contributed by atoms with Gasteiger partial charge < -0.3 is 14.8 Å². The molecule has 0 aliphatic carbocycles. The molecule has 0 spiro atoms. The van der Waals surface area contributed by atoms with Gasteiger partial charge in [0.25, 0.3) is 5.91 Å². The van der Waals surface area contributed by atoms with Gasteiger partial charge in [-0.3, -0.25) is 4.79 Å². The van der Waals surface area contributed by atoms with Crippen molar-refractivity contribution < 1.29 is 4.79 Å². The molecule has 0 aliphatic heterocycles. The maximum Gasteiger partial charge on any atom is 0.255 e. The summed E-state index contributed by atoms with van der Waals surface area (Å²) in [6.45, 7) is 2.03. The van der Waals surface area contributed by atoms with Crippen molar-refractivity contribution in [3.05, 3.63) is 48.0 Å². The molecule has 1 unspecified atom stereocenters. The topological polar surface area (TPSA) is 50.2 Å². The largest absolute Gasteiger partial charge is 0.375 e. The van der Waals surface area contributed by atoms with Crippen LogP contribution >= 0.6 is 0 Å². The third-order valence-electron chi connectivity index (χ3n) is 3.18. The molecule has 5 nitrogen and oxygen atoms in total. The number of aromatic nitrogens is 2. The average molecular weight is 272 g/mol. The van der Waals surface area contributed by atoms with Crippen LogP contribution in [0.2, 0.25) is 0 Å². The zero-order valence-electron chi connectivity index (χ0n) is 12.3. The highest BCUT2D eigenvalue weighted by atomic mass is 16.2. The predicted molar refractivity (Wildman–Crippen MR) is 79.7 cm³/mol. The predicted octanol–water partition coefficient (Wildman–Crippen LogP) is 2.29. The van der Waals surface area contributed by atoms with E-state index in [0.717, 1.165) is 11.5 Å². The minimum atomic E-state index is -0.0138. The molecule has 106 valence electrons. The molecule has 1 heterocycles. The number of hydrogen-bond acceptors (Lipinski definition) is 3. The number of nitrogens with one attached hydrogen (secondary N) is 1. The number of benzene rings is 1. The van der Waals surface area contributed by atoms with E-state index in [1.807, 2.05) is 49.0 Å². The van der Waals surface area contributed by atoms with Gasteiger partial charge in [0.1, 0.15) is 5.82 Å². The second kappa shape index (κ2) is 5.77. The number of anilines is 1. The van der Waals surface area contributed by atoms with Crippen molar-refractivity contribution in [1.29, 1.82) is 0 Å². The SMILES string of the molecule is CC(Nc1ccccc1C(=O)N(C)C)c1nccn1C. The van der Waals surface area contributed by atoms with Crippen LogP contribution in [0.5, 0.6) is 0 Å². The lowest BCUT2D eigenvalue weighted by atomic mass is 10.1. The van der Waals surface area contributed by atoms with Crippen molar-refractivity contribution in [2.75, 3.05) is 19.4 Å². The van der Waals surface area contributed by atoms with Gasteiger partial charge in [-0.25, -0.2) is 4.98 Å². The third kappa shape index (κ3) is 2.82. The van der Waals surface area contributed by atoms with Crippen LogP contribution < -0.4 is 5.32 Å². The lowest BCUT2D eigenvalue weighted by Crippen LogP contribution is -2.23. The molecule has 0 radical (unpaired) electrons. The number of rotatable bonds is 4. The number of carbonyl (C=O) groups excluding carboxylic acids is 1. The highest BCUT2D eigenvalue weighted by molar-refractivity contribution is 5.99. The molecule has 1 aromatic carbocycles. The van der Waals surface area contributed by atoms with Crippen molar-refractivity contribution in [3.63, 3.8) is 0 Å². The van der Waals surface area contributed by atoms with Gasteiger partial charge in [-0.2, -0.15) is 0 Å². The normalized spacial score (nSPS) is 12.0. The van der Waals surface area contributed by atoms with Gasteiger partial charge in [-0.15, -0.1) is 0 Å². The molecule has 0 saturated heterocycles. The molecular formula is C15H20N4O. The van der Waals surface area contributed by atoms with Gasteiger partial charge >= 0.3 is 0 Å². The van der Waals surface area contributed by atoms with E-state index in [1.54, 1.807) is 25.2 Å².